The highest BCUT2D eigenvalue weighted by molar-refractivity contribution is 6.31. The lowest BCUT2D eigenvalue weighted by atomic mass is 9.98. The molecule has 1 aliphatic heterocycles. The summed E-state index contributed by atoms with van der Waals surface area (Å²) in [5.74, 6) is 0.449. The highest BCUT2D eigenvalue weighted by Gasteiger charge is 2.27. The molecule has 0 radical (unpaired) electrons. The summed E-state index contributed by atoms with van der Waals surface area (Å²) in [5.41, 5.74) is 10.6. The maximum Gasteiger partial charge on any atom is 0.246 e. The first-order valence-electron chi connectivity index (χ1n) is 8.71. The third-order valence-electron chi connectivity index (χ3n) is 4.91. The molecule has 0 spiro atoms. The van der Waals surface area contributed by atoms with Crippen LogP contribution in [-0.4, -0.2) is 25.6 Å². The number of carbonyl (C=O) groups excluding carboxylic acids is 1. The minimum absolute atomic E-state index is 0. The molecule has 5 nitrogen and oxygen atoms in total. The first kappa shape index (κ1) is 21.2. The minimum atomic E-state index is -0.337. The number of methoxy groups -OCH3 is 1. The molecule has 1 atom stereocenters. The number of nitrogens with zero attached hydrogens (tertiary/aromatic N) is 1. The Bertz CT molecular complexity index is 842. The quantitative estimate of drug-likeness (QED) is 0.732. The van der Waals surface area contributed by atoms with Crippen molar-refractivity contribution in [2.75, 3.05) is 29.6 Å². The van der Waals surface area contributed by atoms with E-state index in [9.17, 15) is 4.79 Å². The number of ether oxygens (including phenoxy) is 1. The number of nitrogens with two attached hydrogens (primary N) is 1. The van der Waals surface area contributed by atoms with Crippen LogP contribution in [0.25, 0.3) is 0 Å². The molecule has 1 aliphatic rings. The molecule has 7 heteroatoms. The van der Waals surface area contributed by atoms with Crippen molar-refractivity contribution in [1.29, 1.82) is 0 Å². The number of rotatable bonds is 4. The van der Waals surface area contributed by atoms with Gasteiger partial charge in [0.05, 0.1) is 12.8 Å². The van der Waals surface area contributed by atoms with E-state index in [1.54, 1.807) is 13.2 Å². The van der Waals surface area contributed by atoms with Gasteiger partial charge in [-0.2, -0.15) is 0 Å². The van der Waals surface area contributed by atoms with Gasteiger partial charge in [-0.25, -0.2) is 0 Å². The van der Waals surface area contributed by atoms with E-state index in [1.165, 1.54) is 0 Å². The van der Waals surface area contributed by atoms with Crippen molar-refractivity contribution < 1.29 is 9.53 Å². The summed E-state index contributed by atoms with van der Waals surface area (Å²) in [6, 6.07) is 9.08. The molecular weight excluding hydrogens is 385 g/mol. The zero-order valence-corrected chi connectivity index (χ0v) is 17.3. The van der Waals surface area contributed by atoms with Crippen LogP contribution in [0.4, 0.5) is 17.1 Å². The van der Waals surface area contributed by atoms with E-state index in [2.05, 4.69) is 10.2 Å². The smallest absolute Gasteiger partial charge is 0.246 e. The Morgan fingerprint density at radius 3 is 2.81 bits per heavy atom. The van der Waals surface area contributed by atoms with Crippen LogP contribution in [0.3, 0.4) is 0 Å². The van der Waals surface area contributed by atoms with Crippen LogP contribution in [0.1, 0.15) is 24.5 Å². The van der Waals surface area contributed by atoms with Gasteiger partial charge in [-0.15, -0.1) is 12.4 Å². The number of aryl methyl sites for hydroxylation is 1. The van der Waals surface area contributed by atoms with Crippen LogP contribution < -0.4 is 20.7 Å². The largest absolute Gasteiger partial charge is 0.495 e. The molecule has 0 saturated heterocycles. The SMILES string of the molecule is COc1cc(Cl)c(C)cc1NC(=O)C(C)N1CCCc2c(N)cccc21.Cl. The van der Waals surface area contributed by atoms with Crippen molar-refractivity contribution >= 4 is 47.0 Å². The van der Waals surface area contributed by atoms with Crippen molar-refractivity contribution in [2.45, 2.75) is 32.7 Å². The Labute approximate surface area is 171 Å². The number of hydrogen-bond donors (Lipinski definition) is 2. The Hall–Kier alpha value is -2.11. The van der Waals surface area contributed by atoms with Gasteiger partial charge < -0.3 is 20.7 Å². The maximum absolute atomic E-state index is 12.9. The average Bonchev–Trinajstić information content (AvgIpc) is 2.63. The van der Waals surface area contributed by atoms with Gasteiger partial charge in [0.25, 0.3) is 0 Å². The van der Waals surface area contributed by atoms with Crippen LogP contribution >= 0.6 is 24.0 Å². The Morgan fingerprint density at radius 2 is 2.11 bits per heavy atom. The topological polar surface area (TPSA) is 67.6 Å². The van der Waals surface area contributed by atoms with E-state index < -0.39 is 0 Å². The Balaban J connectivity index is 0.00000261. The Kier molecular flexibility index (Phi) is 6.84. The van der Waals surface area contributed by atoms with Gasteiger partial charge in [-0.3, -0.25) is 4.79 Å². The van der Waals surface area contributed by atoms with E-state index in [-0.39, 0.29) is 24.4 Å². The molecule has 0 bridgehead atoms. The number of amides is 1. The number of nitrogens with one attached hydrogen (secondary N) is 1. The predicted octanol–water partition coefficient (Wildman–Crippen LogP) is 4.44. The first-order valence-corrected chi connectivity index (χ1v) is 9.09. The van der Waals surface area contributed by atoms with E-state index >= 15 is 0 Å². The van der Waals surface area contributed by atoms with Crippen molar-refractivity contribution in [3.8, 4) is 5.75 Å². The number of carbonyl (C=O) groups is 1. The summed E-state index contributed by atoms with van der Waals surface area (Å²) < 4.78 is 5.35. The number of benzene rings is 2. The summed E-state index contributed by atoms with van der Waals surface area (Å²) in [7, 11) is 1.56. The number of fused-ring (bicyclic) bond motifs is 1. The monoisotopic (exact) mass is 409 g/mol. The molecule has 3 N–H and O–H groups in total. The molecule has 27 heavy (non-hydrogen) atoms. The van der Waals surface area contributed by atoms with Gasteiger partial charge in [0.2, 0.25) is 5.91 Å². The van der Waals surface area contributed by atoms with Gasteiger partial charge in [0, 0.05) is 29.0 Å². The lowest BCUT2D eigenvalue weighted by Gasteiger charge is -2.36. The van der Waals surface area contributed by atoms with Crippen LogP contribution in [0.5, 0.6) is 5.75 Å². The lowest BCUT2D eigenvalue weighted by Crippen LogP contribution is -2.44. The van der Waals surface area contributed by atoms with E-state index in [0.29, 0.717) is 16.5 Å². The summed E-state index contributed by atoms with van der Waals surface area (Å²) in [4.78, 5) is 15.0. The van der Waals surface area contributed by atoms with Gasteiger partial charge in [0.1, 0.15) is 11.8 Å². The lowest BCUT2D eigenvalue weighted by molar-refractivity contribution is -0.117. The van der Waals surface area contributed by atoms with Crippen molar-refractivity contribution in [3.63, 3.8) is 0 Å². The molecule has 0 saturated carbocycles. The van der Waals surface area contributed by atoms with E-state index in [0.717, 1.165) is 41.9 Å². The maximum atomic E-state index is 12.9. The van der Waals surface area contributed by atoms with Crippen LogP contribution in [0, 0.1) is 6.92 Å². The second-order valence-electron chi connectivity index (χ2n) is 6.61. The zero-order chi connectivity index (χ0) is 18.8. The fourth-order valence-corrected chi connectivity index (χ4v) is 3.54. The molecule has 2 aromatic carbocycles. The summed E-state index contributed by atoms with van der Waals surface area (Å²) in [6.07, 6.45) is 1.92. The predicted molar refractivity (Wildman–Crippen MR) is 115 cm³/mol. The molecular formula is C20H25Cl2N3O2. The number of halogens is 2. The summed E-state index contributed by atoms with van der Waals surface area (Å²) in [5, 5.41) is 3.58. The number of hydrogen-bond acceptors (Lipinski definition) is 4. The molecule has 1 unspecified atom stereocenters. The van der Waals surface area contributed by atoms with Crippen molar-refractivity contribution in [3.05, 3.63) is 46.5 Å². The normalized spacial score (nSPS) is 14.0. The second-order valence-corrected chi connectivity index (χ2v) is 7.02. The fourth-order valence-electron chi connectivity index (χ4n) is 3.39. The van der Waals surface area contributed by atoms with Crippen molar-refractivity contribution in [2.24, 2.45) is 0 Å². The molecule has 1 amide bonds. The molecule has 146 valence electrons. The molecule has 3 rings (SSSR count). The van der Waals surface area contributed by atoms with Crippen LogP contribution in [-0.2, 0) is 11.2 Å². The molecule has 1 heterocycles. The Morgan fingerprint density at radius 1 is 1.37 bits per heavy atom. The van der Waals surface area contributed by atoms with Crippen LogP contribution in [0.15, 0.2) is 30.3 Å². The zero-order valence-electron chi connectivity index (χ0n) is 15.7. The molecule has 0 fully saturated rings. The van der Waals surface area contributed by atoms with Crippen LogP contribution in [0.2, 0.25) is 5.02 Å². The third-order valence-corrected chi connectivity index (χ3v) is 5.32. The first-order chi connectivity index (χ1) is 12.4. The summed E-state index contributed by atoms with van der Waals surface area (Å²) >= 11 is 6.14. The highest BCUT2D eigenvalue weighted by Crippen LogP contribution is 2.34. The third kappa shape index (κ3) is 4.25. The second kappa shape index (κ2) is 8.72. The number of anilines is 3. The van der Waals surface area contributed by atoms with Gasteiger partial charge in [-0.1, -0.05) is 17.7 Å². The standard InChI is InChI=1S/C20H24ClN3O2.ClH/c1-12-10-17(19(26-3)11-15(12)21)23-20(25)13(2)24-9-5-6-14-16(22)7-4-8-18(14)24;/h4,7-8,10-11,13H,5-6,9,22H2,1-3H3,(H,23,25);1H. The van der Waals surface area contributed by atoms with E-state index in [1.807, 2.05) is 38.1 Å². The summed E-state index contributed by atoms with van der Waals surface area (Å²) in [6.45, 7) is 4.62. The average molecular weight is 410 g/mol. The van der Waals surface area contributed by atoms with Gasteiger partial charge in [0.15, 0.2) is 0 Å². The van der Waals surface area contributed by atoms with Gasteiger partial charge in [-0.05, 0) is 56.0 Å². The molecule has 2 aromatic rings. The van der Waals surface area contributed by atoms with Gasteiger partial charge >= 0.3 is 0 Å². The van der Waals surface area contributed by atoms with E-state index in [4.69, 9.17) is 22.1 Å². The highest BCUT2D eigenvalue weighted by atomic mass is 35.5. The minimum Gasteiger partial charge on any atom is -0.495 e. The van der Waals surface area contributed by atoms with Crippen molar-refractivity contribution in [1.82, 2.24) is 0 Å². The fraction of sp³-hybridized carbons (Fsp3) is 0.350. The molecule has 0 aromatic heterocycles. The molecule has 0 aliphatic carbocycles. The number of nitrogen functional groups attached to an aromatic ring is 1.